The number of thiophene rings is 1. The van der Waals surface area contributed by atoms with Crippen molar-refractivity contribution in [2.75, 3.05) is 12.4 Å². The van der Waals surface area contributed by atoms with Crippen molar-refractivity contribution >= 4 is 21.5 Å². The molecule has 0 fully saturated rings. The number of ether oxygens (including phenoxy) is 2. The summed E-state index contributed by atoms with van der Waals surface area (Å²) in [7, 11) is -4.05. The van der Waals surface area contributed by atoms with Gasteiger partial charge in [0.1, 0.15) is 12.7 Å². The second-order valence-electron chi connectivity index (χ2n) is 5.69. The summed E-state index contributed by atoms with van der Waals surface area (Å²) >= 11 is 1.56. The highest BCUT2D eigenvalue weighted by Crippen LogP contribution is 2.36. The van der Waals surface area contributed by atoms with Gasteiger partial charge in [0.05, 0.1) is 10.1 Å². The van der Waals surface area contributed by atoms with Crippen molar-refractivity contribution in [3.8, 4) is 11.5 Å². The van der Waals surface area contributed by atoms with E-state index in [2.05, 4.69) is 4.98 Å². The first-order chi connectivity index (χ1) is 12.0. The van der Waals surface area contributed by atoms with E-state index in [-0.39, 0.29) is 11.9 Å². The number of hydrogen-bond donors (Lipinski definition) is 0. The van der Waals surface area contributed by atoms with E-state index in [1.807, 2.05) is 41.4 Å². The van der Waals surface area contributed by atoms with Gasteiger partial charge in [-0.05, 0) is 19.3 Å². The number of aromatic nitrogens is 1. The van der Waals surface area contributed by atoms with E-state index in [4.69, 9.17) is 9.47 Å². The molecular formula is C17H23NO5S2. The quantitative estimate of drug-likeness (QED) is 0.540. The first-order valence-electron chi connectivity index (χ1n) is 8.25. The Hall–Kier alpha value is -1.64. The van der Waals surface area contributed by atoms with Crippen LogP contribution in [0.4, 0.5) is 0 Å². The van der Waals surface area contributed by atoms with Crippen molar-refractivity contribution in [3.05, 3.63) is 41.4 Å². The van der Waals surface area contributed by atoms with Crippen molar-refractivity contribution in [2.45, 2.75) is 38.2 Å². The Morgan fingerprint density at radius 1 is 1.08 bits per heavy atom. The Morgan fingerprint density at radius 3 is 2.44 bits per heavy atom. The van der Waals surface area contributed by atoms with Crippen LogP contribution in [0.3, 0.4) is 0 Å². The lowest BCUT2D eigenvalue weighted by atomic mass is 10.1. The van der Waals surface area contributed by atoms with Gasteiger partial charge in [-0.2, -0.15) is 0 Å². The van der Waals surface area contributed by atoms with Crippen molar-refractivity contribution in [3.63, 3.8) is 0 Å². The summed E-state index contributed by atoms with van der Waals surface area (Å²) in [5.74, 6) is 1.38. The van der Waals surface area contributed by atoms with Crippen LogP contribution in [0.15, 0.2) is 41.4 Å². The van der Waals surface area contributed by atoms with Gasteiger partial charge in [-0.15, -0.1) is 11.3 Å². The second-order valence-corrected chi connectivity index (χ2v) is 7.96. The van der Waals surface area contributed by atoms with Gasteiger partial charge in [-0.25, -0.2) is 13.4 Å². The fourth-order valence-electron chi connectivity index (χ4n) is 2.35. The predicted octanol–water partition coefficient (Wildman–Crippen LogP) is 2.88. The average Bonchev–Trinajstić information content (AvgIpc) is 3.07. The minimum Gasteiger partial charge on any atom is -0.748 e. The Balaban J connectivity index is 0.000000316. The lowest BCUT2D eigenvalue weighted by Gasteiger charge is -2.24. The average molecular weight is 386 g/mol. The SMILES string of the molecule is O=S(=O)([O-])CCCCCCC1COc2cscc2O1.c1cc[nH+]cc1. The van der Waals surface area contributed by atoms with Gasteiger partial charge in [0.2, 0.25) is 0 Å². The van der Waals surface area contributed by atoms with Crippen LogP contribution in [0.25, 0.3) is 0 Å². The Labute approximate surface area is 152 Å². The summed E-state index contributed by atoms with van der Waals surface area (Å²) < 4.78 is 42.6. The molecule has 0 spiro atoms. The fraction of sp³-hybridized carbons (Fsp3) is 0.471. The molecule has 0 amide bonds. The van der Waals surface area contributed by atoms with Crippen LogP contribution in [-0.2, 0) is 10.1 Å². The predicted molar refractivity (Wildman–Crippen MR) is 94.9 cm³/mol. The van der Waals surface area contributed by atoms with Gasteiger partial charge in [-0.1, -0.05) is 18.9 Å². The minimum atomic E-state index is -4.05. The Kier molecular flexibility index (Phi) is 8.17. The number of hydrogen-bond acceptors (Lipinski definition) is 6. The minimum absolute atomic E-state index is 0.0744. The molecule has 2 aromatic rings. The van der Waals surface area contributed by atoms with Crippen LogP contribution in [0.1, 0.15) is 32.1 Å². The maximum absolute atomic E-state index is 10.4. The van der Waals surface area contributed by atoms with E-state index in [0.29, 0.717) is 13.0 Å². The first kappa shape index (κ1) is 19.7. The van der Waals surface area contributed by atoms with Gasteiger partial charge in [-0.3, -0.25) is 0 Å². The van der Waals surface area contributed by atoms with Crippen LogP contribution in [0.5, 0.6) is 11.5 Å². The maximum atomic E-state index is 10.4. The smallest absolute Gasteiger partial charge is 0.172 e. The summed E-state index contributed by atoms with van der Waals surface area (Å²) in [5, 5.41) is 3.86. The second kappa shape index (κ2) is 10.4. The van der Waals surface area contributed by atoms with E-state index in [0.717, 1.165) is 37.2 Å². The number of H-pyrrole nitrogens is 1. The zero-order chi connectivity index (χ0) is 18.0. The van der Waals surface area contributed by atoms with Gasteiger partial charge in [0.25, 0.3) is 0 Å². The fourth-order valence-corrected chi connectivity index (χ4v) is 3.58. The van der Waals surface area contributed by atoms with Gasteiger partial charge in [0.15, 0.2) is 23.9 Å². The topological polar surface area (TPSA) is 89.8 Å². The molecule has 1 atom stereocenters. The van der Waals surface area contributed by atoms with Crippen LogP contribution < -0.4 is 14.5 Å². The highest BCUT2D eigenvalue weighted by molar-refractivity contribution is 7.85. The number of aromatic amines is 1. The van der Waals surface area contributed by atoms with Crippen LogP contribution in [0.2, 0.25) is 0 Å². The van der Waals surface area contributed by atoms with Crippen LogP contribution >= 0.6 is 11.3 Å². The number of pyridine rings is 1. The lowest BCUT2D eigenvalue weighted by Crippen LogP contribution is -2.28. The summed E-state index contributed by atoms with van der Waals surface area (Å²) in [5.41, 5.74) is 0. The molecule has 0 saturated heterocycles. The monoisotopic (exact) mass is 385 g/mol. The largest absolute Gasteiger partial charge is 0.748 e. The molecule has 1 aliphatic heterocycles. The normalized spacial score (nSPS) is 16.0. The van der Waals surface area contributed by atoms with Gasteiger partial charge >= 0.3 is 0 Å². The van der Waals surface area contributed by atoms with Crippen molar-refractivity contribution in [1.82, 2.24) is 0 Å². The van der Waals surface area contributed by atoms with E-state index >= 15 is 0 Å². The molecule has 6 nitrogen and oxygen atoms in total. The Morgan fingerprint density at radius 2 is 1.80 bits per heavy atom. The Bertz CT molecular complexity index is 676. The molecule has 138 valence electrons. The molecule has 25 heavy (non-hydrogen) atoms. The maximum Gasteiger partial charge on any atom is 0.172 e. The third-order valence-corrected chi connectivity index (χ3v) is 5.08. The summed E-state index contributed by atoms with van der Waals surface area (Å²) in [6, 6.07) is 5.86. The molecular weight excluding hydrogens is 362 g/mol. The summed E-state index contributed by atoms with van der Waals surface area (Å²) in [6.45, 7) is 0.568. The van der Waals surface area contributed by atoms with Crippen molar-refractivity contribution in [2.24, 2.45) is 0 Å². The van der Waals surface area contributed by atoms with Gasteiger partial charge < -0.3 is 14.0 Å². The molecule has 1 aliphatic rings. The molecule has 0 bridgehead atoms. The molecule has 3 heterocycles. The van der Waals surface area contributed by atoms with E-state index in [9.17, 15) is 13.0 Å². The molecule has 8 heteroatoms. The molecule has 3 rings (SSSR count). The van der Waals surface area contributed by atoms with E-state index in [1.54, 1.807) is 11.3 Å². The molecule has 0 aliphatic carbocycles. The third-order valence-electron chi connectivity index (χ3n) is 3.59. The van der Waals surface area contributed by atoms with Gasteiger partial charge in [0, 0.05) is 28.6 Å². The molecule has 0 aromatic carbocycles. The summed E-state index contributed by atoms with van der Waals surface area (Å²) in [6.07, 6.45) is 7.78. The first-order valence-corrected chi connectivity index (χ1v) is 10.8. The number of unbranched alkanes of at least 4 members (excludes halogenated alkanes) is 3. The third kappa shape index (κ3) is 8.33. The number of fused-ring (bicyclic) bond motifs is 1. The lowest BCUT2D eigenvalue weighted by molar-refractivity contribution is -0.377. The van der Waals surface area contributed by atoms with Crippen LogP contribution in [-0.4, -0.2) is 31.4 Å². The van der Waals surface area contributed by atoms with E-state index < -0.39 is 10.1 Å². The highest BCUT2D eigenvalue weighted by atomic mass is 32.2. The molecule has 0 radical (unpaired) electrons. The zero-order valence-electron chi connectivity index (χ0n) is 13.9. The number of rotatable bonds is 7. The summed E-state index contributed by atoms with van der Waals surface area (Å²) in [4.78, 5) is 2.89. The zero-order valence-corrected chi connectivity index (χ0v) is 15.6. The standard InChI is InChI=1S/C12H18O5S2.C5H5N/c13-19(14,15)6-4-2-1-3-5-10-7-16-11-8-18-9-12(11)17-10;1-2-4-6-5-3-1/h8-10H,1-7H2,(H,13,14,15);1-5H. The highest BCUT2D eigenvalue weighted by Gasteiger charge is 2.20. The van der Waals surface area contributed by atoms with Crippen molar-refractivity contribution < 1.29 is 27.4 Å². The van der Waals surface area contributed by atoms with Crippen LogP contribution in [0, 0.1) is 0 Å². The molecule has 2 aromatic heterocycles. The molecule has 1 unspecified atom stereocenters. The molecule has 0 saturated carbocycles. The van der Waals surface area contributed by atoms with E-state index in [1.165, 1.54) is 0 Å². The number of nitrogens with one attached hydrogen (secondary N) is 1. The molecule has 1 N–H and O–H groups in total. The van der Waals surface area contributed by atoms with Crippen molar-refractivity contribution in [1.29, 1.82) is 0 Å².